The van der Waals surface area contributed by atoms with Crippen molar-refractivity contribution in [1.82, 2.24) is 5.32 Å². The van der Waals surface area contributed by atoms with Gasteiger partial charge < -0.3 is 20.5 Å². The fourth-order valence-electron chi connectivity index (χ4n) is 3.55. The normalized spacial score (nSPS) is 14.5. The molecule has 0 saturated heterocycles. The van der Waals surface area contributed by atoms with Gasteiger partial charge in [0.25, 0.3) is 0 Å². The zero-order chi connectivity index (χ0) is 29.1. The SMILES string of the molecule is CCC(=O)OC(C)OC(=O)CNC(=O)C(Cc1ccccc1)CC(C(N)CCS(C)(=O)=O)([SH](=O)=O)[SH](=O)=O. The minimum absolute atomic E-state index is 0.0534. The molecule has 1 aromatic rings. The van der Waals surface area contributed by atoms with Crippen molar-refractivity contribution in [3.05, 3.63) is 35.9 Å². The molecule has 3 atom stereocenters. The number of sulfone groups is 1. The first-order valence-corrected chi connectivity index (χ1v) is 16.0. The second kappa shape index (κ2) is 15.1. The molecule has 0 saturated carbocycles. The van der Waals surface area contributed by atoms with Gasteiger partial charge in [-0.2, -0.15) is 0 Å². The van der Waals surface area contributed by atoms with Crippen LogP contribution in [0.2, 0.25) is 0 Å². The van der Waals surface area contributed by atoms with E-state index >= 15 is 0 Å². The number of carbonyl (C=O) groups excluding carboxylic acids is 3. The number of hydrogen-bond donors (Lipinski definition) is 4. The summed E-state index contributed by atoms with van der Waals surface area (Å²) in [7, 11) is -11.2. The van der Waals surface area contributed by atoms with Gasteiger partial charge in [0, 0.05) is 31.6 Å². The molecule has 1 amide bonds. The number of benzene rings is 1. The van der Waals surface area contributed by atoms with Crippen LogP contribution in [0.4, 0.5) is 0 Å². The molecule has 13 nitrogen and oxygen atoms in total. The van der Waals surface area contributed by atoms with Crippen LogP contribution in [0.5, 0.6) is 0 Å². The summed E-state index contributed by atoms with van der Waals surface area (Å²) in [5, 5.41) is 2.29. The molecular weight excluding hydrogens is 564 g/mol. The van der Waals surface area contributed by atoms with Crippen LogP contribution in [0.1, 0.15) is 38.7 Å². The van der Waals surface area contributed by atoms with E-state index in [0.717, 1.165) is 6.26 Å². The smallest absolute Gasteiger partial charge is 0.328 e. The van der Waals surface area contributed by atoms with Crippen LogP contribution in [0.15, 0.2) is 30.3 Å². The van der Waals surface area contributed by atoms with Gasteiger partial charge in [-0.15, -0.1) is 0 Å². The van der Waals surface area contributed by atoms with Crippen molar-refractivity contribution in [3.8, 4) is 0 Å². The maximum atomic E-state index is 13.1. The zero-order valence-electron chi connectivity index (χ0n) is 21.2. The first kappa shape index (κ1) is 33.5. The minimum atomic E-state index is -3.79. The molecular formula is C22H34N2O11S3. The van der Waals surface area contributed by atoms with Gasteiger partial charge in [0.2, 0.25) is 12.2 Å². The summed E-state index contributed by atoms with van der Waals surface area (Å²) in [6, 6.07) is 6.65. The molecule has 0 spiro atoms. The molecule has 0 radical (unpaired) electrons. The molecule has 0 bridgehead atoms. The van der Waals surface area contributed by atoms with Crippen molar-refractivity contribution in [1.29, 1.82) is 0 Å². The van der Waals surface area contributed by atoms with Crippen LogP contribution in [0.25, 0.3) is 0 Å². The molecule has 3 N–H and O–H groups in total. The quantitative estimate of drug-likeness (QED) is 0.101. The summed E-state index contributed by atoms with van der Waals surface area (Å²) < 4.78 is 79.5. The van der Waals surface area contributed by atoms with Crippen molar-refractivity contribution in [2.75, 3.05) is 18.6 Å². The number of rotatable bonds is 16. The predicted octanol–water partition coefficient (Wildman–Crippen LogP) is -1.12. The Balaban J connectivity index is 3.21. The Hall–Kier alpha value is -2.56. The molecule has 3 unspecified atom stereocenters. The van der Waals surface area contributed by atoms with E-state index in [9.17, 15) is 39.6 Å². The predicted molar refractivity (Wildman–Crippen MR) is 139 cm³/mol. The van der Waals surface area contributed by atoms with E-state index < -0.39 is 96.6 Å². The van der Waals surface area contributed by atoms with Crippen molar-refractivity contribution in [2.45, 2.75) is 55.9 Å². The van der Waals surface area contributed by atoms with E-state index in [1.165, 1.54) is 6.92 Å². The largest absolute Gasteiger partial charge is 0.425 e. The van der Waals surface area contributed by atoms with Gasteiger partial charge in [0.15, 0.2) is 25.5 Å². The van der Waals surface area contributed by atoms with Gasteiger partial charge in [0.1, 0.15) is 16.4 Å². The molecule has 0 aliphatic carbocycles. The number of hydrogen-bond acceptors (Lipinski definition) is 12. The molecule has 1 aromatic carbocycles. The molecule has 0 fully saturated rings. The maximum Gasteiger partial charge on any atom is 0.328 e. The second-order valence-electron chi connectivity index (χ2n) is 8.63. The lowest BCUT2D eigenvalue weighted by atomic mass is 9.91. The van der Waals surface area contributed by atoms with E-state index in [2.05, 4.69) is 5.32 Å². The van der Waals surface area contributed by atoms with E-state index in [0.29, 0.717) is 5.56 Å². The molecule has 0 aliphatic heterocycles. The van der Waals surface area contributed by atoms with Crippen molar-refractivity contribution in [3.63, 3.8) is 0 Å². The third kappa shape index (κ3) is 10.7. The van der Waals surface area contributed by atoms with Crippen LogP contribution >= 0.6 is 0 Å². The monoisotopic (exact) mass is 598 g/mol. The van der Waals surface area contributed by atoms with Crippen LogP contribution in [0, 0.1) is 5.92 Å². The molecule has 38 heavy (non-hydrogen) atoms. The molecule has 0 heterocycles. The fraction of sp³-hybridized carbons (Fsp3) is 0.591. The molecule has 216 valence electrons. The summed E-state index contributed by atoms with van der Waals surface area (Å²) in [5.41, 5.74) is 6.52. The van der Waals surface area contributed by atoms with E-state index in [4.69, 9.17) is 15.2 Å². The highest BCUT2D eigenvalue weighted by Gasteiger charge is 2.47. The third-order valence-corrected chi connectivity index (χ3v) is 9.81. The highest BCUT2D eigenvalue weighted by Crippen LogP contribution is 2.30. The van der Waals surface area contributed by atoms with Gasteiger partial charge >= 0.3 is 11.9 Å². The van der Waals surface area contributed by atoms with Crippen LogP contribution in [-0.4, -0.2) is 78.1 Å². The number of amides is 1. The minimum Gasteiger partial charge on any atom is -0.425 e. The Bertz CT molecular complexity index is 1190. The highest BCUT2D eigenvalue weighted by atomic mass is 32.2. The molecule has 0 aliphatic rings. The highest BCUT2D eigenvalue weighted by molar-refractivity contribution is 7.93. The Labute approximate surface area is 225 Å². The second-order valence-corrected chi connectivity index (χ2v) is 13.9. The first-order valence-electron chi connectivity index (χ1n) is 11.5. The lowest BCUT2D eigenvalue weighted by Gasteiger charge is -2.31. The zero-order valence-corrected chi connectivity index (χ0v) is 23.8. The summed E-state index contributed by atoms with van der Waals surface area (Å²) in [5.74, 6) is -4.30. The van der Waals surface area contributed by atoms with E-state index in [-0.39, 0.29) is 12.8 Å². The lowest BCUT2D eigenvalue weighted by Crippen LogP contribution is -2.54. The van der Waals surface area contributed by atoms with Gasteiger partial charge in [-0.3, -0.25) is 14.4 Å². The third-order valence-electron chi connectivity index (χ3n) is 5.56. The number of ether oxygens (including phenoxy) is 2. The van der Waals surface area contributed by atoms with Crippen LogP contribution in [0.3, 0.4) is 0 Å². The molecule has 1 rings (SSSR count). The number of carbonyl (C=O) groups is 3. The Kier molecular flexibility index (Phi) is 13.3. The number of nitrogens with one attached hydrogen (secondary N) is 1. The Morgan fingerprint density at radius 3 is 2.08 bits per heavy atom. The summed E-state index contributed by atoms with van der Waals surface area (Å²) in [6.07, 6.45) is -1.65. The van der Waals surface area contributed by atoms with Gasteiger partial charge in [-0.25, -0.2) is 25.3 Å². The Morgan fingerprint density at radius 2 is 1.58 bits per heavy atom. The lowest BCUT2D eigenvalue weighted by molar-refractivity contribution is -0.183. The molecule has 0 aromatic heterocycles. The molecule has 16 heteroatoms. The number of thiol groups is 2. The van der Waals surface area contributed by atoms with Gasteiger partial charge in [0.05, 0.1) is 5.75 Å². The average molecular weight is 599 g/mol. The topological polar surface area (TPSA) is 210 Å². The van der Waals surface area contributed by atoms with Crippen molar-refractivity contribution < 1.29 is 49.1 Å². The number of nitrogens with two attached hydrogens (primary N) is 1. The maximum absolute atomic E-state index is 13.1. The van der Waals surface area contributed by atoms with E-state index in [1.54, 1.807) is 37.3 Å². The van der Waals surface area contributed by atoms with Crippen LogP contribution < -0.4 is 11.1 Å². The van der Waals surface area contributed by atoms with Crippen molar-refractivity contribution >= 4 is 49.1 Å². The van der Waals surface area contributed by atoms with Gasteiger partial charge in [-0.1, -0.05) is 37.3 Å². The van der Waals surface area contributed by atoms with Crippen molar-refractivity contribution in [2.24, 2.45) is 11.7 Å². The summed E-state index contributed by atoms with van der Waals surface area (Å²) >= 11 is 0. The fourth-order valence-corrected chi connectivity index (χ4v) is 6.31. The summed E-state index contributed by atoms with van der Waals surface area (Å²) in [4.78, 5) is 36.5. The standard InChI is InChI=1S/C22H34N2O11S3/c1-4-19(25)34-15(2)35-20(26)14-24-21(27)17(12-16-8-6-5-7-9-16)13-22(36(28)29,37(30)31)18(23)10-11-38(3,32)33/h5-9,15,17-18,36-37H,4,10-14,23H2,1-3H3,(H,24,27). The number of esters is 2. The summed E-state index contributed by atoms with van der Waals surface area (Å²) in [6.45, 7) is 2.16. The van der Waals surface area contributed by atoms with E-state index in [1.807, 2.05) is 0 Å². The van der Waals surface area contributed by atoms with Crippen LogP contribution in [-0.2, 0) is 61.5 Å². The Morgan fingerprint density at radius 1 is 1.03 bits per heavy atom. The average Bonchev–Trinajstić information content (AvgIpc) is 2.83. The van der Waals surface area contributed by atoms with Gasteiger partial charge in [-0.05, 0) is 24.8 Å². The first-order chi connectivity index (χ1) is 17.6.